The van der Waals surface area contributed by atoms with Gasteiger partial charge in [0, 0.05) is 22.7 Å². The molecule has 2 aromatic heterocycles. The van der Waals surface area contributed by atoms with Crippen molar-refractivity contribution in [1.29, 1.82) is 0 Å². The van der Waals surface area contributed by atoms with E-state index in [1.807, 2.05) is 57.2 Å². The Morgan fingerprint density at radius 1 is 1.12 bits per heavy atom. The molecule has 2 N–H and O–H groups in total. The van der Waals surface area contributed by atoms with Gasteiger partial charge in [0.15, 0.2) is 12.4 Å². The number of aromatic amines is 1. The third-order valence-corrected chi connectivity index (χ3v) is 5.07. The number of aryl methyl sites for hydroxylation is 1. The number of para-hydroxylation sites is 1. The number of Topliss-reactive ketones (excluding diaryl/α,β-unsaturated/α-hetero) is 1. The zero-order chi connectivity index (χ0) is 23.6. The molecule has 0 saturated carbocycles. The van der Waals surface area contributed by atoms with Crippen LogP contribution in [-0.2, 0) is 14.9 Å². The van der Waals surface area contributed by atoms with Crippen LogP contribution in [0.25, 0.3) is 5.69 Å². The van der Waals surface area contributed by atoms with Crippen molar-refractivity contribution in [2.24, 2.45) is 0 Å². The zero-order valence-electron chi connectivity index (χ0n) is 19.2. The number of carbonyl (C=O) groups excluding carboxylic acids is 3. The Hall–Kier alpha value is -3.68. The highest BCUT2D eigenvalue weighted by molar-refractivity contribution is 6.01. The molecule has 1 aromatic carbocycles. The van der Waals surface area contributed by atoms with Gasteiger partial charge in [0.1, 0.15) is 11.5 Å². The van der Waals surface area contributed by atoms with Crippen molar-refractivity contribution in [3.8, 4) is 5.69 Å². The minimum Gasteiger partial charge on any atom is -0.451 e. The Morgan fingerprint density at radius 3 is 2.34 bits per heavy atom. The standard InChI is InChI=1S/C24H28N4O4/c1-14-21(16(3)29)15(2)25-22(14)23(31)32-13-20(30)26-19-12-18(24(4,5)6)27-28(19)17-10-8-7-9-11-17/h7-12,25H,13H2,1-6H3,(H,26,30). The van der Waals surface area contributed by atoms with E-state index in [4.69, 9.17) is 4.74 Å². The van der Waals surface area contributed by atoms with Crippen molar-refractivity contribution in [2.75, 3.05) is 11.9 Å². The molecule has 3 rings (SSSR count). The van der Waals surface area contributed by atoms with Gasteiger partial charge in [-0.25, -0.2) is 9.48 Å². The Bertz CT molecular complexity index is 1170. The van der Waals surface area contributed by atoms with E-state index in [1.54, 1.807) is 18.5 Å². The summed E-state index contributed by atoms with van der Waals surface area (Å²) >= 11 is 0. The number of amides is 1. The first-order valence-corrected chi connectivity index (χ1v) is 10.3. The number of ether oxygens (including phenoxy) is 1. The number of rotatable bonds is 6. The lowest BCUT2D eigenvalue weighted by Gasteiger charge is -2.14. The first-order chi connectivity index (χ1) is 15.0. The minimum atomic E-state index is -0.694. The van der Waals surface area contributed by atoms with Gasteiger partial charge in [-0.2, -0.15) is 5.10 Å². The van der Waals surface area contributed by atoms with Crippen LogP contribution in [0.4, 0.5) is 5.82 Å². The average Bonchev–Trinajstić information content (AvgIpc) is 3.27. The summed E-state index contributed by atoms with van der Waals surface area (Å²) in [7, 11) is 0. The van der Waals surface area contributed by atoms with Gasteiger partial charge in [0.25, 0.3) is 5.91 Å². The molecule has 0 aliphatic carbocycles. The fourth-order valence-electron chi connectivity index (χ4n) is 3.47. The first-order valence-electron chi connectivity index (χ1n) is 10.3. The van der Waals surface area contributed by atoms with Crippen molar-refractivity contribution in [1.82, 2.24) is 14.8 Å². The summed E-state index contributed by atoms with van der Waals surface area (Å²) in [5, 5.41) is 7.42. The molecule has 0 atom stereocenters. The molecular weight excluding hydrogens is 408 g/mol. The summed E-state index contributed by atoms with van der Waals surface area (Å²) in [6.45, 7) is 10.5. The van der Waals surface area contributed by atoms with E-state index in [0.29, 0.717) is 22.6 Å². The van der Waals surface area contributed by atoms with E-state index >= 15 is 0 Å². The predicted molar refractivity (Wildman–Crippen MR) is 121 cm³/mol. The lowest BCUT2D eigenvalue weighted by molar-refractivity contribution is -0.119. The normalized spacial score (nSPS) is 11.3. The van der Waals surface area contributed by atoms with E-state index in [2.05, 4.69) is 15.4 Å². The number of esters is 1. The van der Waals surface area contributed by atoms with Crippen molar-refractivity contribution in [3.05, 3.63) is 64.6 Å². The van der Waals surface area contributed by atoms with E-state index in [1.165, 1.54) is 6.92 Å². The fraction of sp³-hybridized carbons (Fsp3) is 0.333. The van der Waals surface area contributed by atoms with E-state index in [0.717, 1.165) is 11.4 Å². The Kier molecular flexibility index (Phi) is 6.34. The number of hydrogen-bond acceptors (Lipinski definition) is 5. The van der Waals surface area contributed by atoms with Gasteiger partial charge >= 0.3 is 5.97 Å². The molecule has 0 saturated heterocycles. The molecule has 8 nitrogen and oxygen atoms in total. The maximum Gasteiger partial charge on any atom is 0.355 e. The highest BCUT2D eigenvalue weighted by Gasteiger charge is 2.23. The smallest absolute Gasteiger partial charge is 0.355 e. The molecule has 0 aliphatic rings. The average molecular weight is 437 g/mol. The number of nitrogens with one attached hydrogen (secondary N) is 2. The largest absolute Gasteiger partial charge is 0.451 e. The second kappa shape index (κ2) is 8.82. The molecule has 2 heterocycles. The van der Waals surface area contributed by atoms with Crippen LogP contribution in [0.2, 0.25) is 0 Å². The topological polar surface area (TPSA) is 106 Å². The highest BCUT2D eigenvalue weighted by atomic mass is 16.5. The van der Waals surface area contributed by atoms with Crippen LogP contribution in [0.5, 0.6) is 0 Å². The van der Waals surface area contributed by atoms with Crippen LogP contribution in [0.1, 0.15) is 65.5 Å². The molecule has 0 bridgehead atoms. The Labute approximate surface area is 187 Å². The van der Waals surface area contributed by atoms with Gasteiger partial charge in [0.2, 0.25) is 0 Å². The van der Waals surface area contributed by atoms with Crippen LogP contribution < -0.4 is 5.32 Å². The number of nitrogens with zero attached hydrogens (tertiary/aromatic N) is 2. The maximum absolute atomic E-state index is 12.6. The third kappa shape index (κ3) is 4.80. The Morgan fingerprint density at radius 2 is 1.78 bits per heavy atom. The van der Waals surface area contributed by atoms with E-state index in [-0.39, 0.29) is 16.9 Å². The summed E-state index contributed by atoms with van der Waals surface area (Å²) in [6.07, 6.45) is 0. The molecule has 1 amide bonds. The predicted octanol–water partition coefficient (Wildman–Crippen LogP) is 4.11. The lowest BCUT2D eigenvalue weighted by atomic mass is 9.92. The SMILES string of the molecule is CC(=O)c1c(C)[nH]c(C(=O)OCC(=O)Nc2cc(C(C)(C)C)nn2-c2ccccc2)c1C. The number of H-pyrrole nitrogens is 1. The molecule has 0 unspecified atom stereocenters. The van der Waals surface area contributed by atoms with Gasteiger partial charge in [-0.3, -0.25) is 9.59 Å². The van der Waals surface area contributed by atoms with Gasteiger partial charge in [-0.15, -0.1) is 0 Å². The Balaban J connectivity index is 1.75. The van der Waals surface area contributed by atoms with E-state index in [9.17, 15) is 14.4 Å². The van der Waals surface area contributed by atoms with Crippen molar-refractivity contribution < 1.29 is 19.1 Å². The second-order valence-electron chi connectivity index (χ2n) is 8.72. The molecule has 0 spiro atoms. The first kappa shape index (κ1) is 23.0. The molecule has 168 valence electrons. The van der Waals surface area contributed by atoms with Crippen molar-refractivity contribution >= 4 is 23.5 Å². The highest BCUT2D eigenvalue weighted by Crippen LogP contribution is 2.26. The number of anilines is 1. The van der Waals surface area contributed by atoms with E-state index < -0.39 is 18.5 Å². The van der Waals surface area contributed by atoms with Crippen LogP contribution in [-0.4, -0.2) is 39.0 Å². The summed E-state index contributed by atoms with van der Waals surface area (Å²) in [4.78, 5) is 39.7. The van der Waals surface area contributed by atoms with Crippen LogP contribution >= 0.6 is 0 Å². The number of hydrogen-bond donors (Lipinski definition) is 2. The zero-order valence-corrected chi connectivity index (χ0v) is 19.2. The molecule has 0 fully saturated rings. The molecular formula is C24H28N4O4. The molecule has 32 heavy (non-hydrogen) atoms. The van der Waals surface area contributed by atoms with Gasteiger partial charge in [0.05, 0.1) is 11.4 Å². The van der Waals surface area contributed by atoms with Gasteiger partial charge in [-0.05, 0) is 38.5 Å². The molecule has 8 heteroatoms. The lowest BCUT2D eigenvalue weighted by Crippen LogP contribution is -2.22. The molecule has 0 aliphatic heterocycles. The number of benzene rings is 1. The fourth-order valence-corrected chi connectivity index (χ4v) is 3.47. The quantitative estimate of drug-likeness (QED) is 0.447. The summed E-state index contributed by atoms with van der Waals surface area (Å²) in [5.41, 5.74) is 3.12. The second-order valence-corrected chi connectivity index (χ2v) is 8.72. The monoisotopic (exact) mass is 436 g/mol. The maximum atomic E-state index is 12.6. The van der Waals surface area contributed by atoms with Crippen molar-refractivity contribution in [2.45, 2.75) is 47.0 Å². The van der Waals surface area contributed by atoms with Crippen LogP contribution in [0, 0.1) is 13.8 Å². The van der Waals surface area contributed by atoms with Crippen molar-refractivity contribution in [3.63, 3.8) is 0 Å². The molecule has 0 radical (unpaired) electrons. The number of ketones is 1. The van der Waals surface area contributed by atoms with Gasteiger partial charge in [-0.1, -0.05) is 39.0 Å². The number of aromatic nitrogens is 3. The van der Waals surface area contributed by atoms with Gasteiger partial charge < -0.3 is 15.0 Å². The summed E-state index contributed by atoms with van der Waals surface area (Å²) in [5.74, 6) is -0.853. The minimum absolute atomic E-state index is 0.142. The third-order valence-electron chi connectivity index (χ3n) is 5.07. The van der Waals surface area contributed by atoms with Crippen LogP contribution in [0.15, 0.2) is 36.4 Å². The molecule has 3 aromatic rings. The summed E-state index contributed by atoms with van der Waals surface area (Å²) in [6, 6.07) is 11.3. The summed E-state index contributed by atoms with van der Waals surface area (Å²) < 4.78 is 6.84. The number of carbonyl (C=O) groups is 3. The van der Waals surface area contributed by atoms with Crippen LogP contribution in [0.3, 0.4) is 0 Å².